The Kier molecular flexibility index (Phi) is 5.40. The van der Waals surface area contributed by atoms with Gasteiger partial charge in [0.15, 0.2) is 0 Å². The van der Waals surface area contributed by atoms with E-state index in [-0.39, 0.29) is 5.91 Å². The van der Waals surface area contributed by atoms with Crippen LogP contribution in [0.25, 0.3) is 0 Å². The molecule has 0 aromatic heterocycles. The van der Waals surface area contributed by atoms with E-state index in [2.05, 4.69) is 5.32 Å². The molecule has 1 aromatic rings. The van der Waals surface area contributed by atoms with Gasteiger partial charge in [0.05, 0.1) is 0 Å². The molecule has 0 heterocycles. The molecule has 3 N–H and O–H groups in total. The van der Waals surface area contributed by atoms with Gasteiger partial charge in [-0.3, -0.25) is 4.79 Å². The zero-order valence-corrected chi connectivity index (χ0v) is 11.5. The summed E-state index contributed by atoms with van der Waals surface area (Å²) in [6, 6.07) is 8.09. The largest absolute Gasteiger partial charge is 0.352 e. The molecule has 0 saturated heterocycles. The van der Waals surface area contributed by atoms with E-state index in [1.807, 2.05) is 24.3 Å². The van der Waals surface area contributed by atoms with Crippen LogP contribution < -0.4 is 11.1 Å². The summed E-state index contributed by atoms with van der Waals surface area (Å²) in [7, 11) is 0. The lowest BCUT2D eigenvalue weighted by Crippen LogP contribution is -2.25. The van der Waals surface area contributed by atoms with Crippen molar-refractivity contribution in [2.24, 2.45) is 11.7 Å². The lowest BCUT2D eigenvalue weighted by atomic mass is 9.87. The number of hydrogen-bond acceptors (Lipinski definition) is 2. The molecule has 1 aliphatic carbocycles. The van der Waals surface area contributed by atoms with Crippen LogP contribution in [-0.4, -0.2) is 5.91 Å². The molecule has 0 aliphatic heterocycles. The van der Waals surface area contributed by atoms with Gasteiger partial charge in [0, 0.05) is 19.5 Å². The zero-order chi connectivity index (χ0) is 13.5. The van der Waals surface area contributed by atoms with Crippen molar-refractivity contribution >= 4 is 5.91 Å². The number of nitrogens with one attached hydrogen (secondary N) is 1. The molecule has 2 rings (SSSR count). The highest BCUT2D eigenvalue weighted by atomic mass is 16.1. The molecule has 104 valence electrons. The van der Waals surface area contributed by atoms with Crippen LogP contribution in [0.3, 0.4) is 0 Å². The molecular weight excluding hydrogens is 236 g/mol. The van der Waals surface area contributed by atoms with E-state index < -0.39 is 0 Å². The molecule has 1 amide bonds. The summed E-state index contributed by atoms with van der Waals surface area (Å²) in [6.45, 7) is 1.19. The van der Waals surface area contributed by atoms with Crippen molar-refractivity contribution < 1.29 is 4.79 Å². The van der Waals surface area contributed by atoms with Crippen LogP contribution >= 0.6 is 0 Å². The number of amides is 1. The second kappa shape index (κ2) is 7.29. The minimum absolute atomic E-state index is 0.190. The predicted octanol–water partition coefficient (Wildman–Crippen LogP) is 2.73. The molecule has 1 aliphatic rings. The molecule has 3 nitrogen and oxygen atoms in total. The lowest BCUT2D eigenvalue weighted by Gasteiger charge is -2.20. The predicted molar refractivity (Wildman–Crippen MR) is 77.4 cm³/mol. The van der Waals surface area contributed by atoms with E-state index in [1.165, 1.54) is 32.1 Å². The topological polar surface area (TPSA) is 55.1 Å². The van der Waals surface area contributed by atoms with Crippen molar-refractivity contribution in [3.63, 3.8) is 0 Å². The molecule has 0 atom stereocenters. The lowest BCUT2D eigenvalue weighted by molar-refractivity contribution is -0.122. The fourth-order valence-corrected chi connectivity index (χ4v) is 2.72. The van der Waals surface area contributed by atoms with E-state index in [4.69, 9.17) is 5.73 Å². The Morgan fingerprint density at radius 1 is 1.11 bits per heavy atom. The number of hydrogen-bond donors (Lipinski definition) is 2. The minimum Gasteiger partial charge on any atom is -0.352 e. The van der Waals surface area contributed by atoms with Gasteiger partial charge in [-0.25, -0.2) is 0 Å². The summed E-state index contributed by atoms with van der Waals surface area (Å²) in [5.41, 5.74) is 7.81. The number of carbonyl (C=O) groups excluding carboxylic acids is 1. The van der Waals surface area contributed by atoms with Crippen LogP contribution in [0, 0.1) is 5.92 Å². The Hall–Kier alpha value is -1.35. The Balaban J connectivity index is 1.72. The molecule has 3 heteroatoms. The SMILES string of the molecule is NCc1ccc(CNC(=O)CC2CCCCC2)cc1. The maximum Gasteiger partial charge on any atom is 0.220 e. The standard InChI is InChI=1S/C16H24N2O/c17-11-14-6-8-15(9-7-14)12-18-16(19)10-13-4-2-1-3-5-13/h6-9,13H,1-5,10-12,17H2,(H,18,19). The number of rotatable bonds is 5. The van der Waals surface area contributed by atoms with Crippen molar-refractivity contribution in [1.29, 1.82) is 0 Å². The zero-order valence-electron chi connectivity index (χ0n) is 11.5. The van der Waals surface area contributed by atoms with Crippen molar-refractivity contribution in [3.05, 3.63) is 35.4 Å². The van der Waals surface area contributed by atoms with Gasteiger partial charge in [-0.15, -0.1) is 0 Å². The van der Waals surface area contributed by atoms with E-state index in [0.29, 0.717) is 25.4 Å². The summed E-state index contributed by atoms with van der Waals surface area (Å²) in [4.78, 5) is 11.9. The van der Waals surface area contributed by atoms with Gasteiger partial charge in [0.1, 0.15) is 0 Å². The van der Waals surface area contributed by atoms with Crippen LogP contribution in [0.2, 0.25) is 0 Å². The van der Waals surface area contributed by atoms with E-state index in [9.17, 15) is 4.79 Å². The molecule has 1 fully saturated rings. The van der Waals surface area contributed by atoms with Gasteiger partial charge in [-0.1, -0.05) is 43.5 Å². The van der Waals surface area contributed by atoms with Gasteiger partial charge in [0.2, 0.25) is 5.91 Å². The monoisotopic (exact) mass is 260 g/mol. The normalized spacial score (nSPS) is 16.3. The summed E-state index contributed by atoms with van der Waals surface area (Å²) in [5.74, 6) is 0.795. The van der Waals surface area contributed by atoms with Gasteiger partial charge in [0.25, 0.3) is 0 Å². The molecule has 0 unspecified atom stereocenters. The van der Waals surface area contributed by atoms with Gasteiger partial charge < -0.3 is 11.1 Å². The first-order chi connectivity index (χ1) is 9.28. The summed E-state index contributed by atoms with van der Waals surface area (Å²) in [6.07, 6.45) is 7.06. The third-order valence-electron chi connectivity index (χ3n) is 3.95. The van der Waals surface area contributed by atoms with Gasteiger partial charge in [-0.2, -0.15) is 0 Å². The summed E-state index contributed by atoms with van der Waals surface area (Å²) in [5, 5.41) is 3.01. The Morgan fingerprint density at radius 3 is 2.37 bits per heavy atom. The Morgan fingerprint density at radius 2 is 1.74 bits per heavy atom. The van der Waals surface area contributed by atoms with E-state index >= 15 is 0 Å². The number of benzene rings is 1. The van der Waals surface area contributed by atoms with Crippen molar-refractivity contribution in [2.75, 3.05) is 0 Å². The average Bonchev–Trinajstić information content (AvgIpc) is 2.47. The quantitative estimate of drug-likeness (QED) is 0.855. The first-order valence-electron chi connectivity index (χ1n) is 7.32. The minimum atomic E-state index is 0.190. The highest BCUT2D eigenvalue weighted by Crippen LogP contribution is 2.26. The first kappa shape index (κ1) is 14.1. The highest BCUT2D eigenvalue weighted by Gasteiger charge is 2.16. The summed E-state index contributed by atoms with van der Waals surface area (Å²) >= 11 is 0. The van der Waals surface area contributed by atoms with Crippen LogP contribution in [0.1, 0.15) is 49.7 Å². The van der Waals surface area contributed by atoms with Crippen molar-refractivity contribution in [1.82, 2.24) is 5.32 Å². The van der Waals surface area contributed by atoms with Crippen molar-refractivity contribution in [3.8, 4) is 0 Å². The second-order valence-corrected chi connectivity index (χ2v) is 5.51. The number of carbonyl (C=O) groups is 1. The molecule has 1 saturated carbocycles. The maximum absolute atomic E-state index is 11.9. The first-order valence-corrected chi connectivity index (χ1v) is 7.32. The molecule has 0 spiro atoms. The molecule has 1 aromatic carbocycles. The maximum atomic E-state index is 11.9. The molecule has 0 bridgehead atoms. The van der Waals surface area contributed by atoms with Crippen LogP contribution in [0.4, 0.5) is 0 Å². The third-order valence-corrected chi connectivity index (χ3v) is 3.95. The van der Waals surface area contributed by atoms with Crippen LogP contribution in [-0.2, 0) is 17.9 Å². The van der Waals surface area contributed by atoms with Crippen LogP contribution in [0.5, 0.6) is 0 Å². The molecule has 0 radical (unpaired) electrons. The average molecular weight is 260 g/mol. The van der Waals surface area contributed by atoms with Gasteiger partial charge >= 0.3 is 0 Å². The highest BCUT2D eigenvalue weighted by molar-refractivity contribution is 5.76. The number of nitrogens with two attached hydrogens (primary N) is 1. The second-order valence-electron chi connectivity index (χ2n) is 5.51. The van der Waals surface area contributed by atoms with E-state index in [0.717, 1.165) is 11.1 Å². The van der Waals surface area contributed by atoms with Gasteiger partial charge in [-0.05, 0) is 29.9 Å². The van der Waals surface area contributed by atoms with E-state index in [1.54, 1.807) is 0 Å². The Bertz CT molecular complexity index is 394. The molecule has 19 heavy (non-hydrogen) atoms. The van der Waals surface area contributed by atoms with Crippen molar-refractivity contribution in [2.45, 2.75) is 51.6 Å². The van der Waals surface area contributed by atoms with Crippen LogP contribution in [0.15, 0.2) is 24.3 Å². The molecular formula is C16H24N2O. The summed E-state index contributed by atoms with van der Waals surface area (Å²) < 4.78 is 0. The fraction of sp³-hybridized carbons (Fsp3) is 0.562. The smallest absolute Gasteiger partial charge is 0.220 e. The Labute approximate surface area is 115 Å². The third kappa shape index (κ3) is 4.67. The fourth-order valence-electron chi connectivity index (χ4n) is 2.72.